The van der Waals surface area contributed by atoms with Crippen LogP contribution in [0.1, 0.15) is 5.56 Å². The zero-order valence-corrected chi connectivity index (χ0v) is 15.3. The Morgan fingerprint density at radius 3 is 2.11 bits per heavy atom. The van der Waals surface area contributed by atoms with E-state index in [1.165, 1.54) is 42.1 Å². The molecular formula is C21H14F3N3S. The molecule has 0 bridgehead atoms. The van der Waals surface area contributed by atoms with Gasteiger partial charge in [0.05, 0.1) is 0 Å². The van der Waals surface area contributed by atoms with Gasteiger partial charge in [-0.1, -0.05) is 36.0 Å². The highest BCUT2D eigenvalue weighted by Crippen LogP contribution is 2.30. The summed E-state index contributed by atoms with van der Waals surface area (Å²) in [7, 11) is 0. The van der Waals surface area contributed by atoms with Gasteiger partial charge >= 0.3 is 0 Å². The maximum absolute atomic E-state index is 14.0. The van der Waals surface area contributed by atoms with E-state index in [4.69, 9.17) is 0 Å². The van der Waals surface area contributed by atoms with E-state index in [0.29, 0.717) is 16.5 Å². The van der Waals surface area contributed by atoms with Crippen LogP contribution in [0, 0.1) is 17.5 Å². The first-order valence-electron chi connectivity index (χ1n) is 8.46. The van der Waals surface area contributed by atoms with Gasteiger partial charge in [0.2, 0.25) is 0 Å². The fourth-order valence-corrected chi connectivity index (χ4v) is 3.73. The van der Waals surface area contributed by atoms with Gasteiger partial charge < -0.3 is 0 Å². The van der Waals surface area contributed by atoms with Crippen LogP contribution in [0.3, 0.4) is 0 Å². The molecule has 7 heteroatoms. The monoisotopic (exact) mass is 397 g/mol. The number of aromatic nitrogens is 3. The fraction of sp³-hybridized carbons (Fsp3) is 0.0476. The molecule has 1 heterocycles. The molecule has 0 unspecified atom stereocenters. The molecule has 140 valence electrons. The molecule has 1 aromatic heterocycles. The van der Waals surface area contributed by atoms with Crippen LogP contribution in [0.2, 0.25) is 0 Å². The van der Waals surface area contributed by atoms with E-state index in [2.05, 4.69) is 10.2 Å². The van der Waals surface area contributed by atoms with E-state index in [1.54, 1.807) is 16.7 Å². The molecule has 4 aromatic rings. The molecule has 4 rings (SSSR count). The van der Waals surface area contributed by atoms with Crippen molar-refractivity contribution in [2.45, 2.75) is 10.9 Å². The van der Waals surface area contributed by atoms with Gasteiger partial charge in [0.25, 0.3) is 0 Å². The third-order valence-electron chi connectivity index (χ3n) is 4.16. The van der Waals surface area contributed by atoms with Gasteiger partial charge in [0.15, 0.2) is 11.0 Å². The van der Waals surface area contributed by atoms with Gasteiger partial charge in [-0.2, -0.15) is 0 Å². The summed E-state index contributed by atoms with van der Waals surface area (Å²) in [5.41, 5.74) is 1.46. The predicted octanol–water partition coefficient (Wildman–Crippen LogP) is 5.64. The lowest BCUT2D eigenvalue weighted by Crippen LogP contribution is -2.00. The molecule has 0 aliphatic carbocycles. The van der Waals surface area contributed by atoms with Gasteiger partial charge in [-0.25, -0.2) is 13.2 Å². The summed E-state index contributed by atoms with van der Waals surface area (Å²) in [5, 5.41) is 8.91. The Balaban J connectivity index is 1.74. The standard InChI is InChI=1S/C21H14F3N3S/c22-15-11-9-14(10-12-15)20-25-26-21(27(20)16-5-2-1-3-6-16)28-13-17-18(23)7-4-8-19(17)24/h1-12H,13H2. The summed E-state index contributed by atoms with van der Waals surface area (Å²) in [6.07, 6.45) is 0. The lowest BCUT2D eigenvalue weighted by atomic mass is 10.2. The summed E-state index contributed by atoms with van der Waals surface area (Å²) in [4.78, 5) is 0. The van der Waals surface area contributed by atoms with Crippen molar-refractivity contribution in [1.82, 2.24) is 14.8 Å². The third-order valence-corrected chi connectivity index (χ3v) is 5.11. The molecule has 0 saturated carbocycles. The largest absolute Gasteiger partial charge is 0.270 e. The SMILES string of the molecule is Fc1ccc(-c2nnc(SCc3c(F)cccc3F)n2-c2ccccc2)cc1. The zero-order valence-electron chi connectivity index (χ0n) is 14.5. The number of nitrogens with zero attached hydrogens (tertiary/aromatic N) is 3. The van der Waals surface area contributed by atoms with E-state index in [0.717, 1.165) is 5.69 Å². The van der Waals surface area contributed by atoms with Crippen molar-refractivity contribution in [3.8, 4) is 17.1 Å². The number of thioether (sulfide) groups is 1. The average Bonchev–Trinajstić information content (AvgIpc) is 3.13. The van der Waals surface area contributed by atoms with Crippen molar-refractivity contribution >= 4 is 11.8 Å². The van der Waals surface area contributed by atoms with Crippen molar-refractivity contribution in [3.63, 3.8) is 0 Å². The third kappa shape index (κ3) is 3.66. The molecule has 3 nitrogen and oxygen atoms in total. The first-order valence-corrected chi connectivity index (χ1v) is 9.44. The highest BCUT2D eigenvalue weighted by atomic mass is 32.2. The molecule has 0 saturated heterocycles. The summed E-state index contributed by atoms with van der Waals surface area (Å²) >= 11 is 1.18. The first kappa shape index (κ1) is 18.3. The maximum atomic E-state index is 14.0. The van der Waals surface area contributed by atoms with Crippen molar-refractivity contribution in [1.29, 1.82) is 0 Å². The van der Waals surface area contributed by atoms with Gasteiger partial charge in [-0.3, -0.25) is 4.57 Å². The van der Waals surface area contributed by atoms with Crippen LogP contribution in [-0.4, -0.2) is 14.8 Å². The summed E-state index contributed by atoms with van der Waals surface area (Å²) in [6.45, 7) is 0. The van der Waals surface area contributed by atoms with Crippen molar-refractivity contribution in [2.24, 2.45) is 0 Å². The lowest BCUT2D eigenvalue weighted by molar-refractivity contribution is 0.566. The molecule has 0 N–H and O–H groups in total. The Hall–Kier alpha value is -3.06. The molecule has 3 aromatic carbocycles. The summed E-state index contributed by atoms with van der Waals surface area (Å²) in [5.74, 6) is -0.969. The quantitative estimate of drug-likeness (QED) is 0.408. The highest BCUT2D eigenvalue weighted by molar-refractivity contribution is 7.98. The Bertz CT molecular complexity index is 1080. The van der Waals surface area contributed by atoms with Crippen molar-refractivity contribution in [2.75, 3.05) is 0 Å². The van der Waals surface area contributed by atoms with E-state index >= 15 is 0 Å². The minimum Gasteiger partial charge on any atom is -0.270 e. The molecule has 0 aliphatic heterocycles. The summed E-state index contributed by atoms with van der Waals surface area (Å²) < 4.78 is 43.0. The van der Waals surface area contributed by atoms with Crippen LogP contribution in [0.15, 0.2) is 78.0 Å². The molecule has 0 amide bonds. The van der Waals surface area contributed by atoms with Crippen LogP contribution in [0.25, 0.3) is 17.1 Å². The number of halogens is 3. The van der Waals surface area contributed by atoms with E-state index in [1.807, 2.05) is 30.3 Å². The Kier molecular flexibility index (Phi) is 5.16. The van der Waals surface area contributed by atoms with Crippen LogP contribution in [0.5, 0.6) is 0 Å². The number of para-hydroxylation sites is 1. The van der Waals surface area contributed by atoms with E-state index in [9.17, 15) is 13.2 Å². The highest BCUT2D eigenvalue weighted by Gasteiger charge is 2.18. The van der Waals surface area contributed by atoms with Crippen LogP contribution < -0.4 is 0 Å². The normalized spacial score (nSPS) is 11.0. The molecular weight excluding hydrogens is 383 g/mol. The lowest BCUT2D eigenvalue weighted by Gasteiger charge is -2.11. The first-order chi connectivity index (χ1) is 13.6. The Morgan fingerprint density at radius 2 is 1.43 bits per heavy atom. The maximum Gasteiger partial charge on any atom is 0.196 e. The molecule has 28 heavy (non-hydrogen) atoms. The summed E-state index contributed by atoms with van der Waals surface area (Å²) in [6, 6.07) is 19.1. The minimum absolute atomic E-state index is 0.0153. The number of benzene rings is 3. The zero-order chi connectivity index (χ0) is 19.5. The molecule has 0 spiro atoms. The Labute approximate surface area is 163 Å². The van der Waals surface area contributed by atoms with Gasteiger partial charge in [0, 0.05) is 22.6 Å². The topological polar surface area (TPSA) is 30.7 Å². The van der Waals surface area contributed by atoms with E-state index < -0.39 is 11.6 Å². The fourth-order valence-electron chi connectivity index (χ4n) is 2.77. The van der Waals surface area contributed by atoms with Gasteiger partial charge in [-0.15, -0.1) is 10.2 Å². The number of hydrogen-bond acceptors (Lipinski definition) is 3. The smallest absolute Gasteiger partial charge is 0.196 e. The number of hydrogen-bond donors (Lipinski definition) is 0. The second-order valence-electron chi connectivity index (χ2n) is 5.97. The van der Waals surface area contributed by atoms with Gasteiger partial charge in [0.1, 0.15) is 17.5 Å². The molecule has 0 radical (unpaired) electrons. The van der Waals surface area contributed by atoms with Crippen LogP contribution >= 0.6 is 11.8 Å². The molecule has 0 aliphatic rings. The van der Waals surface area contributed by atoms with Gasteiger partial charge in [-0.05, 0) is 48.5 Å². The minimum atomic E-state index is -0.600. The Morgan fingerprint density at radius 1 is 0.750 bits per heavy atom. The second kappa shape index (κ2) is 7.90. The predicted molar refractivity (Wildman–Crippen MR) is 103 cm³/mol. The number of rotatable bonds is 5. The molecule has 0 fully saturated rings. The van der Waals surface area contributed by atoms with Crippen LogP contribution in [-0.2, 0) is 5.75 Å². The second-order valence-corrected chi connectivity index (χ2v) is 6.92. The van der Waals surface area contributed by atoms with E-state index in [-0.39, 0.29) is 17.1 Å². The van der Waals surface area contributed by atoms with Crippen molar-refractivity contribution < 1.29 is 13.2 Å². The van der Waals surface area contributed by atoms with Crippen molar-refractivity contribution in [3.05, 3.63) is 95.8 Å². The average molecular weight is 397 g/mol. The molecule has 0 atom stereocenters. The van der Waals surface area contributed by atoms with Crippen LogP contribution in [0.4, 0.5) is 13.2 Å².